The van der Waals surface area contributed by atoms with E-state index >= 15 is 0 Å². The SMILES string of the molecule is CCCC(C)n1nnc(C(=O)OCC)c1-c1ccccn1. The van der Waals surface area contributed by atoms with E-state index in [1.807, 2.05) is 18.2 Å². The van der Waals surface area contributed by atoms with Crippen molar-refractivity contribution in [2.75, 3.05) is 6.61 Å². The molecule has 112 valence electrons. The zero-order valence-corrected chi connectivity index (χ0v) is 12.6. The van der Waals surface area contributed by atoms with Crippen molar-refractivity contribution in [1.82, 2.24) is 20.0 Å². The van der Waals surface area contributed by atoms with Crippen molar-refractivity contribution in [3.8, 4) is 11.4 Å². The van der Waals surface area contributed by atoms with Crippen LogP contribution in [0.1, 0.15) is 50.1 Å². The van der Waals surface area contributed by atoms with Gasteiger partial charge in [0.05, 0.1) is 18.3 Å². The van der Waals surface area contributed by atoms with E-state index in [2.05, 4.69) is 29.1 Å². The standard InChI is InChI=1S/C15H20N4O2/c1-4-8-11(3)19-14(12-9-6-7-10-16-12)13(17-18-19)15(20)21-5-2/h6-7,9-11H,4-5,8H2,1-3H3. The lowest BCUT2D eigenvalue weighted by atomic mass is 10.1. The van der Waals surface area contributed by atoms with Gasteiger partial charge in [0.1, 0.15) is 5.69 Å². The predicted octanol–water partition coefficient (Wildman–Crippen LogP) is 2.88. The van der Waals surface area contributed by atoms with Gasteiger partial charge in [-0.25, -0.2) is 9.48 Å². The average molecular weight is 288 g/mol. The van der Waals surface area contributed by atoms with E-state index in [9.17, 15) is 4.79 Å². The Kier molecular flexibility index (Phi) is 5.03. The zero-order valence-electron chi connectivity index (χ0n) is 12.6. The Balaban J connectivity index is 2.50. The molecule has 0 saturated carbocycles. The molecule has 0 fully saturated rings. The van der Waals surface area contributed by atoms with Crippen molar-refractivity contribution in [3.05, 3.63) is 30.1 Å². The summed E-state index contributed by atoms with van der Waals surface area (Å²) < 4.78 is 6.82. The third kappa shape index (κ3) is 3.26. The van der Waals surface area contributed by atoms with Crippen LogP contribution in [0, 0.1) is 0 Å². The molecule has 0 aliphatic rings. The lowest BCUT2D eigenvalue weighted by molar-refractivity contribution is 0.0520. The van der Waals surface area contributed by atoms with Gasteiger partial charge in [0.15, 0.2) is 5.69 Å². The first-order chi connectivity index (χ1) is 10.2. The number of esters is 1. The second-order valence-electron chi connectivity index (χ2n) is 4.80. The molecule has 6 heteroatoms. The van der Waals surface area contributed by atoms with Gasteiger partial charge in [-0.15, -0.1) is 5.10 Å². The molecule has 0 radical (unpaired) electrons. The Morgan fingerprint density at radius 3 is 2.81 bits per heavy atom. The molecule has 1 unspecified atom stereocenters. The highest BCUT2D eigenvalue weighted by atomic mass is 16.5. The molecule has 0 bridgehead atoms. The topological polar surface area (TPSA) is 69.9 Å². The molecule has 0 aliphatic carbocycles. The van der Waals surface area contributed by atoms with Gasteiger partial charge in [0.25, 0.3) is 0 Å². The van der Waals surface area contributed by atoms with Crippen LogP contribution in [0.15, 0.2) is 24.4 Å². The van der Waals surface area contributed by atoms with Crippen LogP contribution in [-0.2, 0) is 4.74 Å². The van der Waals surface area contributed by atoms with Crippen LogP contribution in [0.25, 0.3) is 11.4 Å². The van der Waals surface area contributed by atoms with Gasteiger partial charge < -0.3 is 4.74 Å². The van der Waals surface area contributed by atoms with E-state index in [0.717, 1.165) is 12.8 Å². The van der Waals surface area contributed by atoms with E-state index in [0.29, 0.717) is 18.0 Å². The summed E-state index contributed by atoms with van der Waals surface area (Å²) in [6, 6.07) is 5.69. The molecule has 6 nitrogen and oxygen atoms in total. The number of ether oxygens (including phenoxy) is 1. The summed E-state index contributed by atoms with van der Waals surface area (Å²) in [5.41, 5.74) is 1.52. The van der Waals surface area contributed by atoms with Gasteiger partial charge in [0.2, 0.25) is 0 Å². The molecule has 0 amide bonds. The van der Waals surface area contributed by atoms with Gasteiger partial charge in [-0.3, -0.25) is 4.98 Å². The summed E-state index contributed by atoms with van der Waals surface area (Å²) in [7, 11) is 0. The predicted molar refractivity (Wildman–Crippen MR) is 78.8 cm³/mol. The van der Waals surface area contributed by atoms with Crippen LogP contribution in [0.5, 0.6) is 0 Å². The molecular weight excluding hydrogens is 268 g/mol. The molecule has 2 heterocycles. The van der Waals surface area contributed by atoms with Crippen molar-refractivity contribution in [1.29, 1.82) is 0 Å². The van der Waals surface area contributed by atoms with Crippen molar-refractivity contribution in [2.45, 2.75) is 39.7 Å². The monoisotopic (exact) mass is 288 g/mol. The first-order valence-corrected chi connectivity index (χ1v) is 7.22. The molecule has 0 aromatic carbocycles. The lowest BCUT2D eigenvalue weighted by Crippen LogP contribution is -2.11. The highest BCUT2D eigenvalue weighted by Crippen LogP contribution is 2.25. The molecule has 2 rings (SSSR count). The molecule has 0 N–H and O–H groups in total. The highest BCUT2D eigenvalue weighted by molar-refractivity contribution is 5.93. The van der Waals surface area contributed by atoms with Gasteiger partial charge in [-0.05, 0) is 32.4 Å². The normalized spacial score (nSPS) is 12.1. The fourth-order valence-electron chi connectivity index (χ4n) is 2.22. The van der Waals surface area contributed by atoms with Crippen LogP contribution in [0.4, 0.5) is 0 Å². The van der Waals surface area contributed by atoms with Crippen LogP contribution in [0.3, 0.4) is 0 Å². The van der Waals surface area contributed by atoms with Crippen LogP contribution in [0.2, 0.25) is 0 Å². The largest absolute Gasteiger partial charge is 0.461 e. The molecule has 2 aromatic heterocycles. The van der Waals surface area contributed by atoms with Crippen molar-refractivity contribution < 1.29 is 9.53 Å². The first-order valence-electron chi connectivity index (χ1n) is 7.22. The number of hydrogen-bond acceptors (Lipinski definition) is 5. The van der Waals surface area contributed by atoms with Crippen molar-refractivity contribution in [3.63, 3.8) is 0 Å². The van der Waals surface area contributed by atoms with Gasteiger partial charge in [0, 0.05) is 6.20 Å². The Bertz CT molecular complexity index is 595. The van der Waals surface area contributed by atoms with E-state index in [-0.39, 0.29) is 11.7 Å². The third-order valence-corrected chi connectivity index (χ3v) is 3.19. The molecule has 0 saturated heterocycles. The summed E-state index contributed by atoms with van der Waals surface area (Å²) in [5, 5.41) is 8.15. The average Bonchev–Trinajstić information content (AvgIpc) is 2.93. The summed E-state index contributed by atoms with van der Waals surface area (Å²) in [4.78, 5) is 16.4. The van der Waals surface area contributed by atoms with Gasteiger partial charge in [-0.1, -0.05) is 24.6 Å². The minimum Gasteiger partial charge on any atom is -0.461 e. The maximum Gasteiger partial charge on any atom is 0.361 e. The van der Waals surface area contributed by atoms with Crippen molar-refractivity contribution >= 4 is 5.97 Å². The molecule has 0 aliphatic heterocycles. The van der Waals surface area contributed by atoms with Crippen LogP contribution < -0.4 is 0 Å². The Labute approximate surface area is 124 Å². The third-order valence-electron chi connectivity index (χ3n) is 3.19. The molecule has 1 atom stereocenters. The summed E-state index contributed by atoms with van der Waals surface area (Å²) in [5.74, 6) is -0.465. The van der Waals surface area contributed by atoms with Crippen molar-refractivity contribution in [2.24, 2.45) is 0 Å². The number of rotatable bonds is 6. The number of aromatic nitrogens is 4. The number of nitrogens with zero attached hydrogens (tertiary/aromatic N) is 4. The van der Waals surface area contributed by atoms with Gasteiger partial charge >= 0.3 is 5.97 Å². The summed E-state index contributed by atoms with van der Waals surface area (Å²) >= 11 is 0. The first kappa shape index (κ1) is 15.2. The quantitative estimate of drug-likeness (QED) is 0.764. The number of pyridine rings is 1. The molecule has 21 heavy (non-hydrogen) atoms. The minimum atomic E-state index is -0.465. The second kappa shape index (κ2) is 6.97. The fourth-order valence-corrected chi connectivity index (χ4v) is 2.22. The Morgan fingerprint density at radius 2 is 2.19 bits per heavy atom. The number of carbonyl (C=O) groups excluding carboxylic acids is 1. The van der Waals surface area contributed by atoms with E-state index in [1.165, 1.54) is 0 Å². The molecule has 0 spiro atoms. The smallest absolute Gasteiger partial charge is 0.361 e. The van der Waals surface area contributed by atoms with Crippen LogP contribution >= 0.6 is 0 Å². The maximum atomic E-state index is 12.1. The van der Waals surface area contributed by atoms with Crippen LogP contribution in [-0.4, -0.2) is 32.6 Å². The highest BCUT2D eigenvalue weighted by Gasteiger charge is 2.25. The maximum absolute atomic E-state index is 12.1. The Morgan fingerprint density at radius 1 is 1.38 bits per heavy atom. The zero-order chi connectivity index (χ0) is 15.2. The summed E-state index contributed by atoms with van der Waals surface area (Å²) in [6.45, 7) is 6.24. The lowest BCUT2D eigenvalue weighted by Gasteiger charge is -2.13. The minimum absolute atomic E-state index is 0.141. The number of hydrogen-bond donors (Lipinski definition) is 0. The van der Waals surface area contributed by atoms with E-state index < -0.39 is 5.97 Å². The van der Waals surface area contributed by atoms with E-state index in [1.54, 1.807) is 17.8 Å². The van der Waals surface area contributed by atoms with Gasteiger partial charge in [-0.2, -0.15) is 0 Å². The molecular formula is C15H20N4O2. The number of carbonyl (C=O) groups is 1. The van der Waals surface area contributed by atoms with E-state index in [4.69, 9.17) is 4.74 Å². The Hall–Kier alpha value is -2.24. The second-order valence-corrected chi connectivity index (χ2v) is 4.80. The fraction of sp³-hybridized carbons (Fsp3) is 0.467. The summed E-state index contributed by atoms with van der Waals surface area (Å²) in [6.07, 6.45) is 3.66. The molecule has 2 aromatic rings.